The zero-order valence-electron chi connectivity index (χ0n) is 13.0. The van der Waals surface area contributed by atoms with Crippen molar-refractivity contribution >= 4 is 12.4 Å². The highest BCUT2D eigenvalue weighted by Gasteiger charge is 2.18. The van der Waals surface area contributed by atoms with Crippen molar-refractivity contribution in [3.05, 3.63) is 47.8 Å². The molecule has 1 aliphatic heterocycles. The molecule has 1 N–H and O–H groups in total. The summed E-state index contributed by atoms with van der Waals surface area (Å²) in [7, 11) is 2.09. The molecular weight excluding hydrogens is 322 g/mol. The molecule has 0 atom stereocenters. The zero-order chi connectivity index (χ0) is 15.5. The van der Waals surface area contributed by atoms with E-state index >= 15 is 0 Å². The van der Waals surface area contributed by atoms with Crippen molar-refractivity contribution in [1.29, 1.82) is 0 Å². The van der Waals surface area contributed by atoms with Gasteiger partial charge in [-0.1, -0.05) is 0 Å². The minimum Gasteiger partial charge on any atom is -0.317 e. The Labute approximate surface area is 140 Å². The highest BCUT2D eigenvalue weighted by atomic mass is 35.5. The van der Waals surface area contributed by atoms with Crippen molar-refractivity contribution < 1.29 is 8.78 Å². The molecule has 2 aromatic rings. The monoisotopic (exact) mass is 342 g/mol. The molecule has 7 heteroatoms. The Morgan fingerprint density at radius 3 is 2.70 bits per heavy atom. The summed E-state index contributed by atoms with van der Waals surface area (Å²) in [5.41, 5.74) is 1.14. The minimum atomic E-state index is -0.610. The van der Waals surface area contributed by atoms with Crippen LogP contribution in [0, 0.1) is 11.6 Å². The topological polar surface area (TPSA) is 33.1 Å². The van der Waals surface area contributed by atoms with Crippen molar-refractivity contribution in [2.75, 3.05) is 20.1 Å². The first-order valence-electron chi connectivity index (χ1n) is 7.54. The molecular formula is C16H21ClF2N4. The molecule has 0 aliphatic carbocycles. The molecule has 0 spiro atoms. The normalized spacial score (nSPS) is 15.7. The second-order valence-corrected chi connectivity index (χ2v) is 5.74. The Hall–Kier alpha value is -1.50. The maximum atomic E-state index is 13.8. The molecule has 0 unspecified atom stereocenters. The second kappa shape index (κ2) is 7.86. The Balaban J connectivity index is 0.00000192. The number of hydrogen-bond acceptors (Lipinski definition) is 3. The second-order valence-electron chi connectivity index (χ2n) is 5.74. The van der Waals surface area contributed by atoms with E-state index in [-0.39, 0.29) is 18.1 Å². The third kappa shape index (κ3) is 4.28. The highest BCUT2D eigenvalue weighted by molar-refractivity contribution is 5.85. The number of aromatic nitrogens is 2. The molecule has 1 aromatic heterocycles. The molecule has 2 heterocycles. The molecule has 3 rings (SSSR count). The van der Waals surface area contributed by atoms with Crippen LogP contribution in [0.4, 0.5) is 8.78 Å². The fourth-order valence-corrected chi connectivity index (χ4v) is 2.88. The predicted molar refractivity (Wildman–Crippen MR) is 88.1 cm³/mol. The largest absolute Gasteiger partial charge is 0.317 e. The van der Waals surface area contributed by atoms with Crippen LogP contribution in [-0.4, -0.2) is 40.9 Å². The molecule has 1 saturated heterocycles. The van der Waals surface area contributed by atoms with E-state index in [1.54, 1.807) is 6.20 Å². The van der Waals surface area contributed by atoms with Gasteiger partial charge in [-0.3, -0.25) is 4.90 Å². The summed E-state index contributed by atoms with van der Waals surface area (Å²) >= 11 is 0. The first-order valence-corrected chi connectivity index (χ1v) is 7.54. The van der Waals surface area contributed by atoms with Crippen LogP contribution in [0.2, 0.25) is 0 Å². The van der Waals surface area contributed by atoms with Crippen LogP contribution in [0.5, 0.6) is 0 Å². The van der Waals surface area contributed by atoms with Gasteiger partial charge >= 0.3 is 0 Å². The summed E-state index contributed by atoms with van der Waals surface area (Å²) in [6.45, 7) is 2.81. The van der Waals surface area contributed by atoms with Gasteiger partial charge in [0.1, 0.15) is 11.5 Å². The average molecular weight is 343 g/mol. The van der Waals surface area contributed by atoms with Gasteiger partial charge in [-0.05, 0) is 51.2 Å². The molecule has 126 valence electrons. The van der Waals surface area contributed by atoms with E-state index in [4.69, 9.17) is 0 Å². The third-order valence-corrected chi connectivity index (χ3v) is 4.14. The van der Waals surface area contributed by atoms with E-state index in [1.807, 2.05) is 6.07 Å². The van der Waals surface area contributed by atoms with E-state index in [9.17, 15) is 8.78 Å². The molecule has 0 saturated carbocycles. The van der Waals surface area contributed by atoms with Gasteiger partial charge in [0.2, 0.25) is 0 Å². The molecule has 1 fully saturated rings. The number of nitrogens with one attached hydrogen (secondary N) is 1. The molecule has 0 bridgehead atoms. The number of hydrogen-bond donors (Lipinski definition) is 1. The van der Waals surface area contributed by atoms with Crippen LogP contribution in [-0.2, 0) is 6.54 Å². The van der Waals surface area contributed by atoms with Crippen LogP contribution < -0.4 is 5.32 Å². The lowest BCUT2D eigenvalue weighted by Crippen LogP contribution is -2.40. The van der Waals surface area contributed by atoms with Gasteiger partial charge in [-0.2, -0.15) is 5.10 Å². The molecule has 23 heavy (non-hydrogen) atoms. The van der Waals surface area contributed by atoms with Crippen LogP contribution in [0.15, 0.2) is 30.5 Å². The van der Waals surface area contributed by atoms with Gasteiger partial charge in [0.25, 0.3) is 0 Å². The number of halogens is 3. The zero-order valence-corrected chi connectivity index (χ0v) is 13.8. The van der Waals surface area contributed by atoms with Crippen LogP contribution in [0.3, 0.4) is 0 Å². The maximum absolute atomic E-state index is 13.8. The Kier molecular flexibility index (Phi) is 6.10. The lowest BCUT2D eigenvalue weighted by atomic mass is 10.1. The van der Waals surface area contributed by atoms with Crippen LogP contribution >= 0.6 is 12.4 Å². The Bertz CT molecular complexity index is 641. The number of rotatable bonds is 4. The van der Waals surface area contributed by atoms with E-state index in [0.29, 0.717) is 6.04 Å². The quantitative estimate of drug-likeness (QED) is 0.927. The SMILES string of the molecule is CN(Cc1ccn(-c2ccc(F)cc2F)n1)C1CCNCC1.Cl. The standard InChI is InChI=1S/C16H20F2N4.ClH/c1-21(14-4-7-19-8-5-14)11-13-6-9-22(20-13)16-3-2-12(17)10-15(16)18;/h2-3,6,9-10,14,19H,4-5,7-8,11H2,1H3;1H. The molecule has 1 aliphatic rings. The lowest BCUT2D eigenvalue weighted by Gasteiger charge is -2.31. The first kappa shape index (κ1) is 17.8. The van der Waals surface area contributed by atoms with Crippen LogP contribution in [0.25, 0.3) is 5.69 Å². The van der Waals surface area contributed by atoms with Gasteiger partial charge in [0.05, 0.1) is 5.69 Å². The van der Waals surface area contributed by atoms with E-state index in [0.717, 1.165) is 44.2 Å². The summed E-state index contributed by atoms with van der Waals surface area (Å²) < 4.78 is 28.2. The van der Waals surface area contributed by atoms with Gasteiger partial charge in [0, 0.05) is 24.8 Å². The fraction of sp³-hybridized carbons (Fsp3) is 0.438. The van der Waals surface area contributed by atoms with E-state index in [2.05, 4.69) is 22.4 Å². The summed E-state index contributed by atoms with van der Waals surface area (Å²) in [6, 6.07) is 5.94. The highest BCUT2D eigenvalue weighted by Crippen LogP contribution is 2.16. The molecule has 0 radical (unpaired) electrons. The number of piperidine rings is 1. The third-order valence-electron chi connectivity index (χ3n) is 4.14. The van der Waals surface area contributed by atoms with Crippen LogP contribution in [0.1, 0.15) is 18.5 Å². The minimum absolute atomic E-state index is 0. The molecule has 4 nitrogen and oxygen atoms in total. The van der Waals surface area contributed by atoms with E-state index in [1.165, 1.54) is 16.8 Å². The molecule has 1 aromatic carbocycles. The fourth-order valence-electron chi connectivity index (χ4n) is 2.88. The van der Waals surface area contributed by atoms with Crippen molar-refractivity contribution in [2.24, 2.45) is 0 Å². The van der Waals surface area contributed by atoms with Crippen molar-refractivity contribution in [3.8, 4) is 5.69 Å². The number of benzene rings is 1. The van der Waals surface area contributed by atoms with Gasteiger partial charge in [-0.25, -0.2) is 13.5 Å². The van der Waals surface area contributed by atoms with Gasteiger partial charge < -0.3 is 5.32 Å². The van der Waals surface area contributed by atoms with Crippen molar-refractivity contribution in [1.82, 2.24) is 20.0 Å². The maximum Gasteiger partial charge on any atom is 0.151 e. The lowest BCUT2D eigenvalue weighted by molar-refractivity contribution is 0.189. The van der Waals surface area contributed by atoms with Gasteiger partial charge in [0.15, 0.2) is 5.82 Å². The van der Waals surface area contributed by atoms with Crippen molar-refractivity contribution in [3.63, 3.8) is 0 Å². The summed E-state index contributed by atoms with van der Waals surface area (Å²) in [6.07, 6.45) is 3.97. The first-order chi connectivity index (χ1) is 10.6. The Morgan fingerprint density at radius 2 is 2.00 bits per heavy atom. The van der Waals surface area contributed by atoms with Crippen molar-refractivity contribution in [2.45, 2.75) is 25.4 Å². The smallest absolute Gasteiger partial charge is 0.151 e. The predicted octanol–water partition coefficient (Wildman–Crippen LogP) is 2.76. The average Bonchev–Trinajstić information content (AvgIpc) is 2.96. The summed E-state index contributed by atoms with van der Waals surface area (Å²) in [4.78, 5) is 2.29. The number of nitrogens with zero attached hydrogens (tertiary/aromatic N) is 3. The molecule has 0 amide bonds. The van der Waals surface area contributed by atoms with E-state index < -0.39 is 11.6 Å². The summed E-state index contributed by atoms with van der Waals surface area (Å²) in [5, 5.41) is 7.75. The van der Waals surface area contributed by atoms with Gasteiger partial charge in [-0.15, -0.1) is 12.4 Å². The Morgan fingerprint density at radius 1 is 1.26 bits per heavy atom. The summed E-state index contributed by atoms with van der Waals surface area (Å²) in [5.74, 6) is -1.19.